The highest BCUT2D eigenvalue weighted by Gasteiger charge is 2.20. The Labute approximate surface area is 258 Å². The summed E-state index contributed by atoms with van der Waals surface area (Å²) in [7, 11) is 0. The van der Waals surface area contributed by atoms with Crippen molar-refractivity contribution in [2.75, 3.05) is 4.90 Å². The number of benzene rings is 3. The molecule has 0 fully saturated rings. The molecule has 0 atom stereocenters. The topological polar surface area (TPSA) is 111 Å². The molecule has 3 aromatic carbocycles. The highest BCUT2D eigenvalue weighted by Crippen LogP contribution is 2.41. The Morgan fingerprint density at radius 2 is 1.23 bits per heavy atom. The van der Waals surface area contributed by atoms with Crippen LogP contribution in [0.2, 0.25) is 0 Å². The summed E-state index contributed by atoms with van der Waals surface area (Å²) in [6, 6.07) is 26.2. The molecular weight excluding hydrogens is 576 g/mol. The van der Waals surface area contributed by atoms with Gasteiger partial charge < -0.3 is 14.6 Å². The maximum atomic E-state index is 13.1. The van der Waals surface area contributed by atoms with Crippen molar-refractivity contribution in [2.45, 2.75) is 27.7 Å². The fourth-order valence-corrected chi connectivity index (χ4v) is 5.49. The zero-order chi connectivity index (χ0) is 31.2. The molecule has 0 radical (unpaired) electrons. The summed E-state index contributed by atoms with van der Waals surface area (Å²) >= 11 is 1.50. The molecule has 0 saturated heterocycles. The molecule has 10 heteroatoms. The molecule has 9 nitrogen and oxygen atoms in total. The van der Waals surface area contributed by atoms with E-state index in [2.05, 4.69) is 10.3 Å². The number of nitrogens with zero attached hydrogens (tertiary/aromatic N) is 4. The van der Waals surface area contributed by atoms with Gasteiger partial charge in [0, 0.05) is 41.7 Å². The predicted molar refractivity (Wildman–Crippen MR) is 172 cm³/mol. The van der Waals surface area contributed by atoms with E-state index in [1.54, 1.807) is 32.2 Å². The van der Waals surface area contributed by atoms with Crippen LogP contribution in [0.25, 0.3) is 10.1 Å². The van der Waals surface area contributed by atoms with Crippen molar-refractivity contribution >= 4 is 67.6 Å². The number of oxime groups is 2. The van der Waals surface area contributed by atoms with Gasteiger partial charge in [-0.15, -0.1) is 11.3 Å². The summed E-state index contributed by atoms with van der Waals surface area (Å²) in [6.07, 6.45) is 1.75. The number of aromatic nitrogens is 1. The molecule has 0 aliphatic rings. The molecule has 44 heavy (non-hydrogen) atoms. The van der Waals surface area contributed by atoms with Crippen molar-refractivity contribution in [3.63, 3.8) is 0 Å². The van der Waals surface area contributed by atoms with E-state index in [4.69, 9.17) is 14.7 Å². The number of fused-ring (bicyclic) bond motifs is 1. The fourth-order valence-electron chi connectivity index (χ4n) is 4.54. The quantitative estimate of drug-likeness (QED) is 0.0738. The third-order valence-electron chi connectivity index (χ3n) is 6.65. The van der Waals surface area contributed by atoms with E-state index in [1.807, 2.05) is 83.1 Å². The summed E-state index contributed by atoms with van der Waals surface area (Å²) in [6.45, 7) is 6.09. The smallest absolute Gasteiger partial charge is 0.318 e. The zero-order valence-corrected chi connectivity index (χ0v) is 25.3. The lowest BCUT2D eigenvalue weighted by atomic mass is 10.0. The van der Waals surface area contributed by atoms with E-state index in [0.29, 0.717) is 28.2 Å². The minimum Gasteiger partial charge on any atom is -0.318 e. The Morgan fingerprint density at radius 3 is 1.82 bits per heavy atom. The van der Waals surface area contributed by atoms with E-state index >= 15 is 0 Å². The van der Waals surface area contributed by atoms with Gasteiger partial charge in [0.1, 0.15) is 11.4 Å². The lowest BCUT2D eigenvalue weighted by Gasteiger charge is -2.26. The largest absolute Gasteiger partial charge is 0.331 e. The van der Waals surface area contributed by atoms with Crippen LogP contribution in [0, 0.1) is 0 Å². The summed E-state index contributed by atoms with van der Waals surface area (Å²) in [5, 5.41) is 10.7. The molecular formula is C34H28N4O5S. The number of ketones is 1. The van der Waals surface area contributed by atoms with Crippen LogP contribution in [0.3, 0.4) is 0 Å². The molecule has 0 bridgehead atoms. The van der Waals surface area contributed by atoms with Gasteiger partial charge in [0.15, 0.2) is 5.78 Å². The van der Waals surface area contributed by atoms with Crippen LogP contribution in [-0.2, 0) is 19.3 Å². The first kappa shape index (κ1) is 30.0. The average molecular weight is 605 g/mol. The lowest BCUT2D eigenvalue weighted by Crippen LogP contribution is -2.13. The molecule has 2 aromatic heterocycles. The number of anilines is 3. The summed E-state index contributed by atoms with van der Waals surface area (Å²) in [4.78, 5) is 52.1. The predicted octanol–water partition coefficient (Wildman–Crippen LogP) is 7.57. The highest BCUT2D eigenvalue weighted by molar-refractivity contribution is 7.17. The van der Waals surface area contributed by atoms with Gasteiger partial charge >= 0.3 is 11.9 Å². The van der Waals surface area contributed by atoms with Gasteiger partial charge in [-0.25, -0.2) is 9.59 Å². The van der Waals surface area contributed by atoms with Crippen LogP contribution < -0.4 is 4.90 Å². The molecule has 5 rings (SSSR count). The van der Waals surface area contributed by atoms with Crippen molar-refractivity contribution in [3.05, 3.63) is 119 Å². The molecule has 220 valence electrons. The van der Waals surface area contributed by atoms with Crippen molar-refractivity contribution in [3.8, 4) is 0 Å². The first-order valence-corrected chi connectivity index (χ1v) is 14.5. The van der Waals surface area contributed by atoms with Gasteiger partial charge in [-0.3, -0.25) is 9.78 Å². The molecule has 0 N–H and O–H groups in total. The standard InChI is InChI=1S/C34H28N4O5S/c1-21(36-42-23(3)39)25-10-14-28(15-11-25)38(29-16-12-27(13-17-29)33(41)26-8-6-5-7-9-26)31-20-35-32(22(2)37-43-24(4)40)34-30(31)18-19-44-34/h5-20H,1-4H3/b36-21-,37-22-. The number of hydrogen-bond acceptors (Lipinski definition) is 10. The van der Waals surface area contributed by atoms with Crippen LogP contribution in [0.15, 0.2) is 107 Å². The Bertz CT molecular complexity index is 1900. The highest BCUT2D eigenvalue weighted by atomic mass is 32.1. The second-order valence-electron chi connectivity index (χ2n) is 9.80. The van der Waals surface area contributed by atoms with E-state index in [0.717, 1.165) is 32.7 Å². The maximum absolute atomic E-state index is 13.1. The second kappa shape index (κ2) is 13.2. The SMILES string of the molecule is CC(=O)O/N=C(/C)c1ccc(N(c2ccc(C(=O)c3ccccc3)cc2)c2cnc(/C(C)=N\OC(C)=O)c3sccc23)cc1. The summed E-state index contributed by atoms with van der Waals surface area (Å²) in [5.41, 5.74) is 6.02. The van der Waals surface area contributed by atoms with Crippen LogP contribution in [0.5, 0.6) is 0 Å². The van der Waals surface area contributed by atoms with E-state index < -0.39 is 11.9 Å². The van der Waals surface area contributed by atoms with Crippen molar-refractivity contribution < 1.29 is 24.1 Å². The normalized spacial score (nSPS) is 11.7. The van der Waals surface area contributed by atoms with Crippen molar-refractivity contribution in [1.29, 1.82) is 0 Å². The van der Waals surface area contributed by atoms with Crippen LogP contribution >= 0.6 is 11.3 Å². The van der Waals surface area contributed by atoms with Gasteiger partial charge in [0.25, 0.3) is 0 Å². The number of carbonyl (C=O) groups is 3. The molecule has 5 aromatic rings. The third kappa shape index (κ3) is 6.61. The molecule has 0 saturated carbocycles. The van der Waals surface area contributed by atoms with E-state index in [1.165, 1.54) is 25.2 Å². The number of carbonyl (C=O) groups excluding carboxylic acids is 3. The fraction of sp³-hybridized carbons (Fsp3) is 0.118. The van der Waals surface area contributed by atoms with E-state index in [9.17, 15) is 14.4 Å². The van der Waals surface area contributed by atoms with Gasteiger partial charge in [-0.1, -0.05) is 52.8 Å². The monoisotopic (exact) mass is 604 g/mol. The lowest BCUT2D eigenvalue weighted by molar-refractivity contribution is -0.141. The number of pyridine rings is 1. The van der Waals surface area contributed by atoms with E-state index in [-0.39, 0.29) is 5.78 Å². The minimum atomic E-state index is -0.514. The van der Waals surface area contributed by atoms with Gasteiger partial charge in [0.05, 0.1) is 22.3 Å². The Hall–Kier alpha value is -5.48. The Kier molecular flexibility index (Phi) is 9.01. The third-order valence-corrected chi connectivity index (χ3v) is 7.57. The summed E-state index contributed by atoms with van der Waals surface area (Å²) < 4.78 is 0.873. The van der Waals surface area contributed by atoms with Crippen LogP contribution in [0.1, 0.15) is 54.9 Å². The van der Waals surface area contributed by atoms with Crippen molar-refractivity contribution in [2.24, 2.45) is 10.3 Å². The molecule has 0 unspecified atom stereocenters. The molecule has 0 aliphatic carbocycles. The Morgan fingerprint density at radius 1 is 0.682 bits per heavy atom. The molecule has 0 amide bonds. The molecule has 2 heterocycles. The van der Waals surface area contributed by atoms with Gasteiger partial charge in [-0.05, 0) is 67.3 Å². The maximum Gasteiger partial charge on any atom is 0.331 e. The average Bonchev–Trinajstić information content (AvgIpc) is 3.54. The number of rotatable bonds is 9. The molecule has 0 aliphatic heterocycles. The molecule has 0 spiro atoms. The summed E-state index contributed by atoms with van der Waals surface area (Å²) in [5.74, 6) is -1.07. The second-order valence-corrected chi connectivity index (χ2v) is 10.7. The van der Waals surface area contributed by atoms with Gasteiger partial charge in [0.2, 0.25) is 0 Å². The van der Waals surface area contributed by atoms with Crippen LogP contribution in [0.4, 0.5) is 17.1 Å². The zero-order valence-electron chi connectivity index (χ0n) is 24.5. The van der Waals surface area contributed by atoms with Crippen molar-refractivity contribution in [1.82, 2.24) is 4.98 Å². The van der Waals surface area contributed by atoms with Gasteiger partial charge in [-0.2, -0.15) is 0 Å². The number of thiophene rings is 1. The van der Waals surface area contributed by atoms with Crippen LogP contribution in [-0.4, -0.2) is 34.1 Å². The minimum absolute atomic E-state index is 0.0654. The number of hydrogen-bond donors (Lipinski definition) is 0. The first-order valence-electron chi connectivity index (χ1n) is 13.6. The first-order chi connectivity index (χ1) is 21.2. The Balaban J connectivity index is 1.59.